The zero-order valence-corrected chi connectivity index (χ0v) is 28.5. The molecule has 5 rings (SSSR count). The quantitative estimate of drug-likeness (QED) is 0.0859. The Balaban J connectivity index is 1.33. The number of thioether (sulfide) groups is 1. The SMILES string of the molecule is CCOc1ccccc1NC(=O)C(Sc1ccc(NC(=O)/C(=C/c2ccc(C(C)C)cc2)NC(=O)c2ccccc2)cc1)c1ccccc1. The fraction of sp³-hybridized carbons (Fsp3) is 0.146. The maximum absolute atomic E-state index is 13.7. The van der Waals surface area contributed by atoms with Gasteiger partial charge in [-0.25, -0.2) is 0 Å². The number of anilines is 2. The Bertz CT molecular complexity index is 1890. The van der Waals surface area contributed by atoms with Gasteiger partial charge in [0.2, 0.25) is 5.91 Å². The lowest BCUT2D eigenvalue weighted by molar-refractivity contribution is -0.116. The Morgan fingerprint density at radius 3 is 2.00 bits per heavy atom. The van der Waals surface area contributed by atoms with Crippen molar-refractivity contribution in [3.05, 3.63) is 161 Å². The van der Waals surface area contributed by atoms with Crippen molar-refractivity contribution in [2.75, 3.05) is 17.2 Å². The summed E-state index contributed by atoms with van der Waals surface area (Å²) in [5, 5.41) is 8.18. The lowest BCUT2D eigenvalue weighted by Crippen LogP contribution is -2.30. The first-order valence-electron chi connectivity index (χ1n) is 16.1. The van der Waals surface area contributed by atoms with Crippen LogP contribution in [-0.4, -0.2) is 24.3 Å². The molecule has 1 unspecified atom stereocenters. The van der Waals surface area contributed by atoms with E-state index in [0.29, 0.717) is 35.2 Å². The van der Waals surface area contributed by atoms with E-state index in [1.54, 1.807) is 42.5 Å². The van der Waals surface area contributed by atoms with Gasteiger partial charge in [-0.2, -0.15) is 0 Å². The van der Waals surface area contributed by atoms with Crippen LogP contribution in [-0.2, 0) is 9.59 Å². The van der Waals surface area contributed by atoms with Crippen molar-refractivity contribution in [2.45, 2.75) is 36.8 Å². The summed E-state index contributed by atoms with van der Waals surface area (Å²) in [5.41, 5.74) is 4.50. The van der Waals surface area contributed by atoms with Crippen LogP contribution in [0.3, 0.4) is 0 Å². The Morgan fingerprint density at radius 1 is 0.714 bits per heavy atom. The number of hydrogen-bond acceptors (Lipinski definition) is 5. The minimum atomic E-state index is -0.554. The molecule has 3 N–H and O–H groups in total. The lowest BCUT2D eigenvalue weighted by atomic mass is 10.0. The number of nitrogens with one attached hydrogen (secondary N) is 3. The van der Waals surface area contributed by atoms with Gasteiger partial charge in [-0.1, -0.05) is 98.8 Å². The highest BCUT2D eigenvalue weighted by molar-refractivity contribution is 8.00. The van der Waals surface area contributed by atoms with Crippen molar-refractivity contribution in [1.82, 2.24) is 5.32 Å². The minimum Gasteiger partial charge on any atom is -0.492 e. The lowest BCUT2D eigenvalue weighted by Gasteiger charge is -2.19. The molecule has 5 aromatic carbocycles. The summed E-state index contributed by atoms with van der Waals surface area (Å²) < 4.78 is 5.71. The molecule has 0 fully saturated rings. The maximum atomic E-state index is 13.7. The molecule has 8 heteroatoms. The molecule has 3 amide bonds. The van der Waals surface area contributed by atoms with Gasteiger partial charge in [-0.05, 0) is 84.1 Å². The molecule has 0 saturated carbocycles. The molecule has 0 bridgehead atoms. The van der Waals surface area contributed by atoms with E-state index in [4.69, 9.17) is 4.74 Å². The van der Waals surface area contributed by atoms with Gasteiger partial charge in [0.1, 0.15) is 16.7 Å². The third kappa shape index (κ3) is 9.72. The van der Waals surface area contributed by atoms with Gasteiger partial charge in [0.05, 0.1) is 12.3 Å². The van der Waals surface area contributed by atoms with Gasteiger partial charge in [0.15, 0.2) is 0 Å². The van der Waals surface area contributed by atoms with Gasteiger partial charge in [-0.15, -0.1) is 11.8 Å². The Labute approximate surface area is 291 Å². The number of carbonyl (C=O) groups excluding carboxylic acids is 3. The summed E-state index contributed by atoms with van der Waals surface area (Å²) in [4.78, 5) is 41.1. The predicted octanol–water partition coefficient (Wildman–Crippen LogP) is 9.09. The third-order valence-corrected chi connectivity index (χ3v) is 8.86. The van der Waals surface area contributed by atoms with Crippen LogP contribution in [0.1, 0.15) is 59.0 Å². The van der Waals surface area contributed by atoms with Crippen molar-refractivity contribution in [3.63, 3.8) is 0 Å². The number of rotatable bonds is 13. The number of ether oxygens (including phenoxy) is 1. The second-order valence-corrected chi connectivity index (χ2v) is 12.7. The number of para-hydroxylation sites is 2. The zero-order valence-electron chi connectivity index (χ0n) is 27.7. The van der Waals surface area contributed by atoms with Crippen molar-refractivity contribution in [3.8, 4) is 5.75 Å². The smallest absolute Gasteiger partial charge is 0.272 e. The molecule has 248 valence electrons. The maximum Gasteiger partial charge on any atom is 0.272 e. The standard InChI is InChI=1S/C41H39N3O4S/c1-4-48-37-18-12-11-17-35(37)43-41(47)38(31-13-7-5-8-14-31)49-34-25-23-33(24-26-34)42-40(46)36(44-39(45)32-15-9-6-10-16-32)27-29-19-21-30(22-20-29)28(2)3/h5-28,38H,4H2,1-3H3,(H,42,46)(H,43,47)(H,44,45)/b36-27-. The van der Waals surface area contributed by atoms with Gasteiger partial charge in [0, 0.05) is 16.1 Å². The Morgan fingerprint density at radius 2 is 1.35 bits per heavy atom. The van der Waals surface area contributed by atoms with Crippen LogP contribution >= 0.6 is 11.8 Å². The van der Waals surface area contributed by atoms with E-state index in [0.717, 1.165) is 16.0 Å². The van der Waals surface area contributed by atoms with E-state index in [1.165, 1.54) is 17.3 Å². The molecular formula is C41H39N3O4S. The summed E-state index contributed by atoms with van der Waals surface area (Å²) >= 11 is 1.40. The molecule has 1 atom stereocenters. The largest absolute Gasteiger partial charge is 0.492 e. The van der Waals surface area contributed by atoms with E-state index >= 15 is 0 Å². The van der Waals surface area contributed by atoms with Crippen LogP contribution in [0, 0.1) is 0 Å². The third-order valence-electron chi connectivity index (χ3n) is 7.59. The summed E-state index contributed by atoms with van der Waals surface area (Å²) in [7, 11) is 0. The Hall–Kier alpha value is -5.60. The van der Waals surface area contributed by atoms with Crippen LogP contribution in [0.15, 0.2) is 144 Å². The van der Waals surface area contributed by atoms with E-state index < -0.39 is 11.2 Å². The van der Waals surface area contributed by atoms with E-state index in [-0.39, 0.29) is 17.5 Å². The van der Waals surface area contributed by atoms with Crippen molar-refractivity contribution >= 4 is 46.9 Å². The molecule has 0 radical (unpaired) electrons. The van der Waals surface area contributed by atoms with Crippen LogP contribution in [0.5, 0.6) is 5.75 Å². The summed E-state index contributed by atoms with van der Waals surface area (Å²) in [5.74, 6) is -0.0646. The summed E-state index contributed by atoms with van der Waals surface area (Å²) in [6.07, 6.45) is 1.66. The second kappa shape index (κ2) is 17.0. The second-order valence-electron chi connectivity index (χ2n) is 11.5. The molecule has 0 saturated heterocycles. The van der Waals surface area contributed by atoms with E-state index in [1.807, 2.05) is 104 Å². The fourth-order valence-electron chi connectivity index (χ4n) is 4.99. The molecule has 0 aliphatic carbocycles. The van der Waals surface area contributed by atoms with Gasteiger partial charge < -0.3 is 20.7 Å². The van der Waals surface area contributed by atoms with Crippen molar-refractivity contribution in [1.29, 1.82) is 0 Å². The van der Waals surface area contributed by atoms with E-state index in [9.17, 15) is 14.4 Å². The van der Waals surface area contributed by atoms with Gasteiger partial charge in [-0.3, -0.25) is 14.4 Å². The molecule has 0 aromatic heterocycles. The number of carbonyl (C=O) groups is 3. The highest BCUT2D eigenvalue weighted by atomic mass is 32.2. The number of amides is 3. The number of hydrogen-bond donors (Lipinski definition) is 3. The topological polar surface area (TPSA) is 96.5 Å². The zero-order chi connectivity index (χ0) is 34.6. The van der Waals surface area contributed by atoms with Crippen molar-refractivity contribution in [2.24, 2.45) is 0 Å². The first-order chi connectivity index (χ1) is 23.8. The molecule has 0 spiro atoms. The normalized spacial score (nSPS) is 11.8. The molecule has 5 aromatic rings. The molecule has 0 heterocycles. The molecular weight excluding hydrogens is 631 g/mol. The van der Waals surface area contributed by atoms with E-state index in [2.05, 4.69) is 29.8 Å². The summed E-state index contributed by atoms with van der Waals surface area (Å²) in [6, 6.07) is 40.9. The Kier molecular flexibility index (Phi) is 12.0. The monoisotopic (exact) mass is 669 g/mol. The fourth-order valence-corrected chi connectivity index (χ4v) is 6.01. The average Bonchev–Trinajstić information content (AvgIpc) is 3.12. The van der Waals surface area contributed by atoms with Gasteiger partial charge in [0.25, 0.3) is 11.8 Å². The van der Waals surface area contributed by atoms with Crippen LogP contribution in [0.4, 0.5) is 11.4 Å². The molecule has 7 nitrogen and oxygen atoms in total. The first-order valence-corrected chi connectivity index (χ1v) is 17.0. The van der Waals surface area contributed by atoms with Crippen molar-refractivity contribution < 1.29 is 19.1 Å². The molecule has 49 heavy (non-hydrogen) atoms. The summed E-state index contributed by atoms with van der Waals surface area (Å²) in [6.45, 7) is 6.62. The van der Waals surface area contributed by atoms with Gasteiger partial charge >= 0.3 is 0 Å². The van der Waals surface area contributed by atoms with Crippen LogP contribution in [0.25, 0.3) is 6.08 Å². The predicted molar refractivity (Wildman–Crippen MR) is 199 cm³/mol. The van der Waals surface area contributed by atoms with Crippen LogP contribution in [0.2, 0.25) is 0 Å². The minimum absolute atomic E-state index is 0.109. The number of benzene rings is 5. The average molecular weight is 670 g/mol. The van der Waals surface area contributed by atoms with Crippen LogP contribution < -0.4 is 20.7 Å². The highest BCUT2D eigenvalue weighted by Crippen LogP contribution is 2.37. The molecule has 0 aliphatic heterocycles. The highest BCUT2D eigenvalue weighted by Gasteiger charge is 2.23. The molecule has 0 aliphatic rings. The first kappa shape index (κ1) is 34.7.